The van der Waals surface area contributed by atoms with Gasteiger partial charge in [-0.2, -0.15) is 0 Å². The summed E-state index contributed by atoms with van der Waals surface area (Å²) in [5.74, 6) is -0.0941. The summed E-state index contributed by atoms with van der Waals surface area (Å²) in [5.41, 5.74) is 9.66. The van der Waals surface area contributed by atoms with Crippen LogP contribution < -0.4 is 16.4 Å². The smallest absolute Gasteiger partial charge is 0.251 e. The quantitative estimate of drug-likeness (QED) is 0.730. The zero-order valence-electron chi connectivity index (χ0n) is 10.6. The van der Waals surface area contributed by atoms with Crippen LogP contribution in [0.3, 0.4) is 0 Å². The van der Waals surface area contributed by atoms with Gasteiger partial charge in [0.05, 0.1) is 23.4 Å². The number of aromatic nitrogens is 1. The lowest BCUT2D eigenvalue weighted by atomic mass is 10.1. The fourth-order valence-corrected chi connectivity index (χ4v) is 2.16. The van der Waals surface area contributed by atoms with Gasteiger partial charge in [0.15, 0.2) is 0 Å². The van der Waals surface area contributed by atoms with Crippen LogP contribution in [0.25, 0.3) is 0 Å². The largest absolute Gasteiger partial charge is 0.397 e. The first-order chi connectivity index (χ1) is 9.20. The molecule has 0 bridgehead atoms. The van der Waals surface area contributed by atoms with Crippen LogP contribution in [-0.4, -0.2) is 17.4 Å². The van der Waals surface area contributed by atoms with Crippen molar-refractivity contribution >= 4 is 28.6 Å². The third kappa shape index (κ3) is 3.45. The van der Waals surface area contributed by atoms with Gasteiger partial charge < -0.3 is 16.4 Å². The number of nitrogens with one attached hydrogen (secondary N) is 2. The van der Waals surface area contributed by atoms with Gasteiger partial charge in [-0.05, 0) is 25.1 Å². The van der Waals surface area contributed by atoms with Gasteiger partial charge in [-0.15, -0.1) is 11.3 Å². The molecule has 1 amide bonds. The monoisotopic (exact) mass is 276 g/mol. The predicted octanol–water partition coefficient (Wildman–Crippen LogP) is 2.09. The SMILES string of the molecule is CCNC(=O)c1ccc(N)c(NCc2cncs2)c1. The minimum absolute atomic E-state index is 0.0941. The van der Waals surface area contributed by atoms with E-state index in [1.165, 1.54) is 0 Å². The number of benzene rings is 1. The Balaban J connectivity index is 2.10. The molecule has 1 aromatic heterocycles. The number of nitrogens with zero attached hydrogens (tertiary/aromatic N) is 1. The highest BCUT2D eigenvalue weighted by Crippen LogP contribution is 2.21. The molecule has 2 aromatic rings. The molecule has 0 fully saturated rings. The Bertz CT molecular complexity index is 554. The first-order valence-electron chi connectivity index (χ1n) is 5.99. The second-order valence-corrected chi connectivity index (χ2v) is 4.95. The number of carbonyl (C=O) groups is 1. The zero-order chi connectivity index (χ0) is 13.7. The maximum atomic E-state index is 11.8. The summed E-state index contributed by atoms with van der Waals surface area (Å²) in [6.45, 7) is 3.14. The van der Waals surface area contributed by atoms with Gasteiger partial charge in [0.2, 0.25) is 0 Å². The van der Waals surface area contributed by atoms with Gasteiger partial charge in [-0.3, -0.25) is 9.78 Å². The summed E-state index contributed by atoms with van der Waals surface area (Å²) >= 11 is 1.57. The van der Waals surface area contributed by atoms with E-state index in [1.54, 1.807) is 35.0 Å². The normalized spacial score (nSPS) is 10.2. The van der Waals surface area contributed by atoms with E-state index in [2.05, 4.69) is 15.6 Å². The van der Waals surface area contributed by atoms with Crippen LogP contribution >= 0.6 is 11.3 Å². The lowest BCUT2D eigenvalue weighted by Gasteiger charge is -2.10. The van der Waals surface area contributed by atoms with Crippen LogP contribution in [0.1, 0.15) is 22.2 Å². The summed E-state index contributed by atoms with van der Waals surface area (Å²) < 4.78 is 0. The molecule has 0 spiro atoms. The summed E-state index contributed by atoms with van der Waals surface area (Å²) in [6, 6.07) is 5.22. The average Bonchev–Trinajstić information content (AvgIpc) is 2.91. The minimum Gasteiger partial charge on any atom is -0.397 e. The van der Waals surface area contributed by atoms with E-state index in [1.807, 2.05) is 13.1 Å². The molecule has 2 rings (SSSR count). The van der Waals surface area contributed by atoms with Crippen molar-refractivity contribution in [3.63, 3.8) is 0 Å². The third-order valence-electron chi connectivity index (χ3n) is 2.59. The van der Waals surface area contributed by atoms with Crippen molar-refractivity contribution in [1.29, 1.82) is 0 Å². The number of nitrogen functional groups attached to an aromatic ring is 1. The van der Waals surface area contributed by atoms with Crippen LogP contribution in [0.15, 0.2) is 29.9 Å². The highest BCUT2D eigenvalue weighted by molar-refractivity contribution is 7.09. The fourth-order valence-electron chi connectivity index (χ4n) is 1.63. The van der Waals surface area contributed by atoms with Gasteiger partial charge >= 0.3 is 0 Å². The van der Waals surface area contributed by atoms with Crippen LogP contribution in [0.2, 0.25) is 0 Å². The van der Waals surface area contributed by atoms with Crippen molar-refractivity contribution in [2.45, 2.75) is 13.5 Å². The Morgan fingerprint density at radius 3 is 3.00 bits per heavy atom. The first-order valence-corrected chi connectivity index (χ1v) is 6.87. The van der Waals surface area contributed by atoms with Gasteiger partial charge in [0, 0.05) is 23.2 Å². The number of anilines is 2. The Kier molecular flexibility index (Phi) is 4.35. The topological polar surface area (TPSA) is 80.0 Å². The van der Waals surface area contributed by atoms with Crippen LogP contribution in [-0.2, 0) is 6.54 Å². The maximum Gasteiger partial charge on any atom is 0.251 e. The standard InChI is InChI=1S/C13H16N4OS/c1-2-16-13(18)9-3-4-11(14)12(5-9)17-7-10-6-15-8-19-10/h3-6,8,17H,2,7,14H2,1H3,(H,16,18). The first kappa shape index (κ1) is 13.4. The van der Waals surface area contributed by atoms with Crippen molar-refractivity contribution in [1.82, 2.24) is 10.3 Å². The van der Waals surface area contributed by atoms with E-state index in [0.29, 0.717) is 24.3 Å². The molecule has 4 N–H and O–H groups in total. The summed E-state index contributed by atoms with van der Waals surface area (Å²) in [4.78, 5) is 16.9. The van der Waals surface area contributed by atoms with Gasteiger partial charge in [-0.1, -0.05) is 0 Å². The van der Waals surface area contributed by atoms with E-state index in [9.17, 15) is 4.79 Å². The van der Waals surface area contributed by atoms with Gasteiger partial charge in [0.1, 0.15) is 0 Å². The number of carbonyl (C=O) groups excluding carboxylic acids is 1. The molecule has 5 nitrogen and oxygen atoms in total. The maximum absolute atomic E-state index is 11.8. The molecular formula is C13H16N4OS. The molecular weight excluding hydrogens is 260 g/mol. The molecule has 1 aromatic carbocycles. The predicted molar refractivity (Wildman–Crippen MR) is 78.3 cm³/mol. The number of hydrogen-bond acceptors (Lipinski definition) is 5. The second kappa shape index (κ2) is 6.19. The van der Waals surface area contributed by atoms with E-state index in [-0.39, 0.29) is 5.91 Å². The number of nitrogens with two attached hydrogens (primary N) is 1. The molecule has 1 heterocycles. The van der Waals surface area contributed by atoms with Crippen LogP contribution in [0, 0.1) is 0 Å². The summed E-state index contributed by atoms with van der Waals surface area (Å²) in [6.07, 6.45) is 1.81. The molecule has 0 aliphatic carbocycles. The van der Waals surface area contributed by atoms with Crippen LogP contribution in [0.5, 0.6) is 0 Å². The van der Waals surface area contributed by atoms with E-state index in [4.69, 9.17) is 5.73 Å². The van der Waals surface area contributed by atoms with Gasteiger partial charge in [-0.25, -0.2) is 0 Å². The Morgan fingerprint density at radius 1 is 1.47 bits per heavy atom. The fraction of sp³-hybridized carbons (Fsp3) is 0.231. The lowest BCUT2D eigenvalue weighted by molar-refractivity contribution is 0.0956. The molecule has 0 aliphatic rings. The minimum atomic E-state index is -0.0941. The van der Waals surface area contributed by atoms with Crippen molar-refractivity contribution in [3.8, 4) is 0 Å². The van der Waals surface area contributed by atoms with E-state index >= 15 is 0 Å². The molecule has 0 saturated carbocycles. The molecule has 0 radical (unpaired) electrons. The van der Waals surface area contributed by atoms with Crippen molar-refractivity contribution in [2.75, 3.05) is 17.6 Å². The lowest BCUT2D eigenvalue weighted by Crippen LogP contribution is -2.22. The Hall–Kier alpha value is -2.08. The molecule has 0 aliphatic heterocycles. The highest BCUT2D eigenvalue weighted by Gasteiger charge is 2.07. The van der Waals surface area contributed by atoms with Crippen molar-refractivity contribution < 1.29 is 4.79 Å². The Morgan fingerprint density at radius 2 is 2.32 bits per heavy atom. The second-order valence-electron chi connectivity index (χ2n) is 3.98. The molecule has 0 saturated heterocycles. The number of rotatable bonds is 5. The number of thiazole rings is 1. The molecule has 19 heavy (non-hydrogen) atoms. The number of hydrogen-bond donors (Lipinski definition) is 3. The van der Waals surface area contributed by atoms with Crippen molar-refractivity contribution in [3.05, 3.63) is 40.3 Å². The molecule has 0 atom stereocenters. The highest BCUT2D eigenvalue weighted by atomic mass is 32.1. The average molecular weight is 276 g/mol. The third-order valence-corrected chi connectivity index (χ3v) is 3.37. The van der Waals surface area contributed by atoms with E-state index < -0.39 is 0 Å². The van der Waals surface area contributed by atoms with E-state index in [0.717, 1.165) is 10.6 Å². The Labute approximate surface area is 115 Å². The van der Waals surface area contributed by atoms with Crippen LogP contribution in [0.4, 0.5) is 11.4 Å². The molecule has 6 heteroatoms. The number of amides is 1. The summed E-state index contributed by atoms with van der Waals surface area (Å²) in [5, 5.41) is 5.98. The zero-order valence-corrected chi connectivity index (χ0v) is 11.5. The molecule has 100 valence electrons. The molecule has 0 unspecified atom stereocenters. The van der Waals surface area contributed by atoms with Gasteiger partial charge in [0.25, 0.3) is 5.91 Å². The summed E-state index contributed by atoms with van der Waals surface area (Å²) in [7, 11) is 0. The van der Waals surface area contributed by atoms with Crippen molar-refractivity contribution in [2.24, 2.45) is 0 Å².